The Morgan fingerprint density at radius 3 is 3.00 bits per heavy atom. The van der Waals surface area contributed by atoms with Crippen LogP contribution in [0.1, 0.15) is 41.3 Å². The highest BCUT2D eigenvalue weighted by molar-refractivity contribution is 7.12. The van der Waals surface area contributed by atoms with E-state index in [1.807, 2.05) is 11.3 Å². The summed E-state index contributed by atoms with van der Waals surface area (Å²) < 4.78 is 5.71. The number of halogens is 1. The summed E-state index contributed by atoms with van der Waals surface area (Å²) in [5, 5.41) is 0.0515. The normalized spacial score (nSPS) is 24.0. The zero-order valence-corrected chi connectivity index (χ0v) is 10.6. The second-order valence-electron chi connectivity index (χ2n) is 3.96. The van der Waals surface area contributed by atoms with Crippen LogP contribution in [-0.2, 0) is 11.2 Å². The van der Waals surface area contributed by atoms with Crippen molar-refractivity contribution in [3.8, 4) is 0 Å². The van der Waals surface area contributed by atoms with Gasteiger partial charge in [-0.25, -0.2) is 0 Å². The number of rotatable bonds is 3. The highest BCUT2D eigenvalue weighted by Gasteiger charge is 2.25. The largest absolute Gasteiger partial charge is 0.376 e. The zero-order chi connectivity index (χ0) is 10.7. The first-order valence-corrected chi connectivity index (χ1v) is 6.91. The highest BCUT2D eigenvalue weighted by Crippen LogP contribution is 2.35. The van der Waals surface area contributed by atoms with Gasteiger partial charge in [0.15, 0.2) is 0 Å². The van der Waals surface area contributed by atoms with Crippen molar-refractivity contribution in [2.24, 2.45) is 0 Å². The fraction of sp³-hybridized carbons (Fsp3) is 0.667. The van der Waals surface area contributed by atoms with Crippen molar-refractivity contribution in [2.75, 3.05) is 6.61 Å². The third-order valence-electron chi connectivity index (χ3n) is 2.84. The van der Waals surface area contributed by atoms with E-state index in [1.165, 1.54) is 22.6 Å². The minimum absolute atomic E-state index is 0.0515. The summed E-state index contributed by atoms with van der Waals surface area (Å²) in [6.07, 6.45) is 4.86. The molecule has 0 bridgehead atoms. The standard InChI is InChI=1S/C12H17ClOS/c1-2-9-6-7-11(15-9)12(13)10-5-3-4-8-14-10/h6-7,10,12H,2-5,8H2,1H3. The molecule has 0 N–H and O–H groups in total. The van der Waals surface area contributed by atoms with Gasteiger partial charge in [0.1, 0.15) is 0 Å². The Kier molecular flexibility index (Phi) is 4.06. The third-order valence-corrected chi connectivity index (χ3v) is 4.80. The zero-order valence-electron chi connectivity index (χ0n) is 9.04. The number of thiophene rings is 1. The van der Waals surface area contributed by atoms with Crippen LogP contribution in [0.2, 0.25) is 0 Å². The van der Waals surface area contributed by atoms with Crippen molar-refractivity contribution in [2.45, 2.75) is 44.1 Å². The number of ether oxygens (including phenoxy) is 1. The average Bonchev–Trinajstić information content (AvgIpc) is 2.78. The van der Waals surface area contributed by atoms with Crippen molar-refractivity contribution < 1.29 is 4.74 Å². The van der Waals surface area contributed by atoms with E-state index >= 15 is 0 Å². The van der Waals surface area contributed by atoms with Crippen LogP contribution in [-0.4, -0.2) is 12.7 Å². The van der Waals surface area contributed by atoms with E-state index < -0.39 is 0 Å². The first-order valence-electron chi connectivity index (χ1n) is 5.65. The quantitative estimate of drug-likeness (QED) is 0.726. The first kappa shape index (κ1) is 11.4. The van der Waals surface area contributed by atoms with Gasteiger partial charge in [-0.05, 0) is 37.8 Å². The van der Waals surface area contributed by atoms with Crippen LogP contribution in [0.25, 0.3) is 0 Å². The van der Waals surface area contributed by atoms with Gasteiger partial charge < -0.3 is 4.74 Å². The molecule has 0 saturated carbocycles. The molecular formula is C12H17ClOS. The van der Waals surface area contributed by atoms with Crippen LogP contribution in [0.5, 0.6) is 0 Å². The molecular weight excluding hydrogens is 228 g/mol. The summed E-state index contributed by atoms with van der Waals surface area (Å²) in [4.78, 5) is 2.67. The van der Waals surface area contributed by atoms with E-state index in [1.54, 1.807) is 0 Å². The fourth-order valence-corrected chi connectivity index (χ4v) is 3.30. The van der Waals surface area contributed by atoms with Crippen LogP contribution in [0.15, 0.2) is 12.1 Å². The third kappa shape index (κ3) is 2.74. The molecule has 1 aromatic rings. The van der Waals surface area contributed by atoms with Crippen LogP contribution >= 0.6 is 22.9 Å². The van der Waals surface area contributed by atoms with E-state index in [0.29, 0.717) is 0 Å². The summed E-state index contributed by atoms with van der Waals surface area (Å²) in [6.45, 7) is 3.05. The molecule has 3 heteroatoms. The van der Waals surface area contributed by atoms with Crippen molar-refractivity contribution in [1.82, 2.24) is 0 Å². The second-order valence-corrected chi connectivity index (χ2v) is 5.63. The molecule has 84 valence electrons. The van der Waals surface area contributed by atoms with E-state index in [2.05, 4.69) is 19.1 Å². The molecule has 1 aromatic heterocycles. The molecule has 0 aliphatic carbocycles. The van der Waals surface area contributed by atoms with Gasteiger partial charge >= 0.3 is 0 Å². The topological polar surface area (TPSA) is 9.23 Å². The number of aryl methyl sites for hydroxylation is 1. The lowest BCUT2D eigenvalue weighted by Gasteiger charge is -2.25. The van der Waals surface area contributed by atoms with Crippen LogP contribution in [0, 0.1) is 0 Å². The van der Waals surface area contributed by atoms with Gasteiger partial charge in [0.25, 0.3) is 0 Å². The summed E-state index contributed by atoms with van der Waals surface area (Å²) in [6, 6.07) is 4.33. The van der Waals surface area contributed by atoms with E-state index in [-0.39, 0.29) is 11.5 Å². The van der Waals surface area contributed by atoms with Crippen LogP contribution in [0.4, 0.5) is 0 Å². The van der Waals surface area contributed by atoms with Gasteiger partial charge in [-0.2, -0.15) is 0 Å². The average molecular weight is 245 g/mol. The van der Waals surface area contributed by atoms with Crippen LogP contribution < -0.4 is 0 Å². The molecule has 1 nitrogen and oxygen atoms in total. The van der Waals surface area contributed by atoms with Crippen molar-refractivity contribution in [1.29, 1.82) is 0 Å². The smallest absolute Gasteiger partial charge is 0.0939 e. The second kappa shape index (κ2) is 5.33. The number of hydrogen-bond donors (Lipinski definition) is 0. The lowest BCUT2D eigenvalue weighted by atomic mass is 10.1. The molecule has 0 radical (unpaired) electrons. The molecule has 2 rings (SSSR count). The van der Waals surface area contributed by atoms with Gasteiger partial charge in [0, 0.05) is 16.4 Å². The van der Waals surface area contributed by atoms with Gasteiger partial charge in [0.2, 0.25) is 0 Å². The molecule has 1 saturated heterocycles. The SMILES string of the molecule is CCc1ccc(C(Cl)C2CCCCO2)s1. The van der Waals surface area contributed by atoms with Crippen molar-refractivity contribution >= 4 is 22.9 Å². The monoisotopic (exact) mass is 244 g/mol. The van der Waals surface area contributed by atoms with E-state index in [9.17, 15) is 0 Å². The molecule has 2 unspecified atom stereocenters. The molecule has 0 aromatic carbocycles. The minimum atomic E-state index is 0.0515. The predicted molar refractivity (Wildman–Crippen MR) is 65.9 cm³/mol. The molecule has 1 fully saturated rings. The van der Waals surface area contributed by atoms with Gasteiger partial charge in [0.05, 0.1) is 11.5 Å². The maximum Gasteiger partial charge on any atom is 0.0939 e. The van der Waals surface area contributed by atoms with Crippen molar-refractivity contribution in [3.63, 3.8) is 0 Å². The predicted octanol–water partition coefficient (Wildman–Crippen LogP) is 4.16. The minimum Gasteiger partial charge on any atom is -0.376 e. The lowest BCUT2D eigenvalue weighted by molar-refractivity contribution is 0.0141. The molecule has 15 heavy (non-hydrogen) atoms. The molecule has 1 aliphatic heterocycles. The summed E-state index contributed by atoms with van der Waals surface area (Å²) >= 11 is 8.26. The highest BCUT2D eigenvalue weighted by atomic mass is 35.5. The Morgan fingerprint density at radius 2 is 2.40 bits per heavy atom. The number of hydrogen-bond acceptors (Lipinski definition) is 2. The number of alkyl halides is 1. The van der Waals surface area contributed by atoms with Crippen LogP contribution in [0.3, 0.4) is 0 Å². The fourth-order valence-electron chi connectivity index (χ4n) is 1.91. The Bertz CT molecular complexity index is 304. The maximum absolute atomic E-state index is 6.44. The molecule has 2 atom stereocenters. The van der Waals surface area contributed by atoms with Gasteiger partial charge in [-0.15, -0.1) is 22.9 Å². The summed E-state index contributed by atoms with van der Waals surface area (Å²) in [5.74, 6) is 0. The van der Waals surface area contributed by atoms with E-state index in [0.717, 1.165) is 19.4 Å². The summed E-state index contributed by atoms with van der Waals surface area (Å²) in [5.41, 5.74) is 0. The van der Waals surface area contributed by atoms with Gasteiger partial charge in [-0.3, -0.25) is 0 Å². The molecule has 2 heterocycles. The van der Waals surface area contributed by atoms with Crippen molar-refractivity contribution in [3.05, 3.63) is 21.9 Å². The first-order chi connectivity index (χ1) is 7.31. The Morgan fingerprint density at radius 1 is 1.53 bits per heavy atom. The van der Waals surface area contributed by atoms with E-state index in [4.69, 9.17) is 16.3 Å². The molecule has 1 aliphatic rings. The Hall–Kier alpha value is -0.0500. The lowest BCUT2D eigenvalue weighted by Crippen LogP contribution is -2.23. The Balaban J connectivity index is 2.02. The summed E-state index contributed by atoms with van der Waals surface area (Å²) in [7, 11) is 0. The maximum atomic E-state index is 6.44. The molecule has 0 spiro atoms. The molecule has 0 amide bonds. The van der Waals surface area contributed by atoms with Gasteiger partial charge in [-0.1, -0.05) is 6.92 Å². The Labute approximate surface area is 100 Å².